The summed E-state index contributed by atoms with van der Waals surface area (Å²) in [6.07, 6.45) is 3.43. The first kappa shape index (κ1) is 30.9. The average molecular weight is 609 g/mol. The van der Waals surface area contributed by atoms with Gasteiger partial charge in [-0.1, -0.05) is 41.5 Å². The summed E-state index contributed by atoms with van der Waals surface area (Å²) >= 11 is 6.14. The number of anilines is 1. The maximum Gasteiger partial charge on any atom is 0.200 e. The molecule has 4 atom stereocenters. The number of fused-ring (bicyclic) bond motifs is 1. The molecule has 5 rings (SSSR count). The molecule has 3 heterocycles. The van der Waals surface area contributed by atoms with Crippen molar-refractivity contribution in [2.75, 3.05) is 24.4 Å². The zero-order chi connectivity index (χ0) is 30.3. The van der Waals surface area contributed by atoms with Crippen LogP contribution in [0, 0.1) is 6.92 Å². The molecular weight excluding hydrogens is 564 g/mol. The second-order valence-corrected chi connectivity index (χ2v) is 18.7. The van der Waals surface area contributed by atoms with E-state index in [0.717, 1.165) is 46.0 Å². The molecule has 2 aliphatic rings. The maximum absolute atomic E-state index is 13.2. The van der Waals surface area contributed by atoms with Crippen LogP contribution in [0.25, 0.3) is 10.9 Å². The summed E-state index contributed by atoms with van der Waals surface area (Å²) in [6, 6.07) is 9.88. The van der Waals surface area contributed by atoms with Crippen LogP contribution < -0.4 is 9.64 Å². The van der Waals surface area contributed by atoms with E-state index in [1.807, 2.05) is 19.2 Å². The number of aromatic nitrogens is 3. The van der Waals surface area contributed by atoms with Gasteiger partial charge in [0.1, 0.15) is 11.6 Å². The van der Waals surface area contributed by atoms with Crippen molar-refractivity contribution >= 4 is 42.3 Å². The predicted molar refractivity (Wildman–Crippen MR) is 173 cm³/mol. The number of halogens is 1. The molecule has 9 heteroatoms. The van der Waals surface area contributed by atoms with Gasteiger partial charge in [0, 0.05) is 59.5 Å². The van der Waals surface area contributed by atoms with E-state index in [0.29, 0.717) is 29.6 Å². The predicted octanol–water partition coefficient (Wildman–Crippen LogP) is 7.56. The summed E-state index contributed by atoms with van der Waals surface area (Å²) in [7, 11) is -0.414. The van der Waals surface area contributed by atoms with Gasteiger partial charge in [0.05, 0.1) is 30.7 Å². The number of aryl methyl sites for hydroxylation is 1. The minimum absolute atomic E-state index is 0.0110. The van der Waals surface area contributed by atoms with E-state index in [2.05, 4.69) is 80.7 Å². The molecule has 0 amide bonds. The molecular formula is C33H45ClN4O3Si. The zero-order valence-corrected chi connectivity index (χ0v) is 28.0. The minimum Gasteiger partial charge on any atom is -0.496 e. The van der Waals surface area contributed by atoms with E-state index in [4.69, 9.17) is 25.7 Å². The van der Waals surface area contributed by atoms with E-state index in [1.54, 1.807) is 7.11 Å². The Morgan fingerprint density at radius 3 is 2.36 bits per heavy atom. The van der Waals surface area contributed by atoms with Gasteiger partial charge in [0.15, 0.2) is 5.78 Å². The summed E-state index contributed by atoms with van der Waals surface area (Å²) < 4.78 is 13.0. The van der Waals surface area contributed by atoms with Gasteiger partial charge in [-0.25, -0.2) is 9.97 Å². The molecule has 1 saturated heterocycles. The topological polar surface area (TPSA) is 77.4 Å². The standard InChI is InChI=1S/C33H45ClN4O3Si/c1-19(2)42(20(3)4,21(5)6)41-24-14-30(31(39)17-34)38(18-24)23-9-10-25-28(13-23)37-29(16-32(25)40-8)26-15-27(26)33-35-12-11-22(7)36-33/h9-13,16,19-21,24,26-27,30H,14-15,17-18H2,1-8H3/t24-,26-,27-,30+/m0/s1. The van der Waals surface area contributed by atoms with Crippen molar-refractivity contribution in [3.63, 3.8) is 0 Å². The van der Waals surface area contributed by atoms with Gasteiger partial charge in [-0.05, 0) is 54.2 Å². The largest absolute Gasteiger partial charge is 0.496 e. The van der Waals surface area contributed by atoms with Gasteiger partial charge in [0.2, 0.25) is 8.32 Å². The Bertz CT molecular complexity index is 1430. The first-order chi connectivity index (χ1) is 20.0. The van der Waals surface area contributed by atoms with Crippen LogP contribution in [-0.4, -0.2) is 60.7 Å². The van der Waals surface area contributed by atoms with Crippen molar-refractivity contribution in [2.24, 2.45) is 0 Å². The third-order valence-corrected chi connectivity index (χ3v) is 15.9. The lowest BCUT2D eigenvalue weighted by Gasteiger charge is -2.44. The molecule has 2 aromatic heterocycles. The van der Waals surface area contributed by atoms with E-state index in [-0.39, 0.29) is 35.6 Å². The molecule has 1 aromatic carbocycles. The molecule has 2 fully saturated rings. The number of pyridine rings is 1. The lowest BCUT2D eigenvalue weighted by atomic mass is 10.1. The van der Waals surface area contributed by atoms with Crippen molar-refractivity contribution < 1.29 is 14.0 Å². The molecule has 3 aromatic rings. The minimum atomic E-state index is -2.12. The molecule has 1 aliphatic carbocycles. The fourth-order valence-electron chi connectivity index (χ4n) is 7.46. The Morgan fingerprint density at radius 1 is 1.02 bits per heavy atom. The molecule has 0 N–H and O–H groups in total. The fraction of sp³-hybridized carbons (Fsp3) is 0.576. The quantitative estimate of drug-likeness (QED) is 0.164. The van der Waals surface area contributed by atoms with Crippen LogP contribution in [0.1, 0.15) is 83.4 Å². The highest BCUT2D eigenvalue weighted by Gasteiger charge is 2.49. The van der Waals surface area contributed by atoms with Gasteiger partial charge >= 0.3 is 0 Å². The van der Waals surface area contributed by atoms with Crippen LogP contribution in [0.15, 0.2) is 36.5 Å². The molecule has 7 nitrogen and oxygen atoms in total. The fourth-order valence-corrected chi connectivity index (χ4v) is 13.2. The first-order valence-electron chi connectivity index (χ1n) is 15.3. The number of nitrogens with zero attached hydrogens (tertiary/aromatic N) is 4. The van der Waals surface area contributed by atoms with Crippen LogP contribution >= 0.6 is 11.6 Å². The van der Waals surface area contributed by atoms with Gasteiger partial charge in [0.25, 0.3) is 0 Å². The van der Waals surface area contributed by atoms with Crippen molar-refractivity contribution in [3.8, 4) is 5.75 Å². The van der Waals surface area contributed by atoms with Crippen LogP contribution in [-0.2, 0) is 9.22 Å². The molecule has 226 valence electrons. The molecule has 0 bridgehead atoms. The number of alkyl halides is 1. The number of carbonyl (C=O) groups excluding carboxylic acids is 1. The summed E-state index contributed by atoms with van der Waals surface area (Å²) in [6.45, 7) is 16.5. The Hall–Kier alpha value is -2.55. The lowest BCUT2D eigenvalue weighted by molar-refractivity contribution is -0.117. The van der Waals surface area contributed by atoms with Gasteiger partial charge in [-0.2, -0.15) is 0 Å². The van der Waals surface area contributed by atoms with E-state index >= 15 is 0 Å². The maximum atomic E-state index is 13.2. The normalized spacial score (nSPS) is 22.5. The second-order valence-electron chi connectivity index (χ2n) is 13.0. The van der Waals surface area contributed by atoms with E-state index < -0.39 is 8.32 Å². The smallest absolute Gasteiger partial charge is 0.200 e. The number of Topliss-reactive ketones (excluding diaryl/α,β-unsaturated/α-hetero) is 1. The SMILES string of the molecule is COc1cc([C@H]2C[C@@H]2c2nccc(C)n2)nc2cc(N3C[C@@H](O[Si](C(C)C)(C(C)C)C(C)C)C[C@@H]3C(=O)CCl)ccc12. The third-order valence-electron chi connectivity index (χ3n) is 9.49. The number of hydrogen-bond acceptors (Lipinski definition) is 7. The lowest BCUT2D eigenvalue weighted by Crippen LogP contribution is -2.50. The van der Waals surface area contributed by atoms with Crippen LogP contribution in [0.2, 0.25) is 16.6 Å². The average Bonchev–Trinajstić information content (AvgIpc) is 3.66. The molecule has 0 spiro atoms. The number of carbonyl (C=O) groups is 1. The van der Waals surface area contributed by atoms with E-state index in [1.165, 1.54) is 0 Å². The Balaban J connectivity index is 1.47. The summed E-state index contributed by atoms with van der Waals surface area (Å²) in [5, 5.41) is 0.951. The van der Waals surface area contributed by atoms with Crippen LogP contribution in [0.4, 0.5) is 5.69 Å². The highest BCUT2D eigenvalue weighted by Crippen LogP contribution is 2.54. The monoisotopic (exact) mass is 608 g/mol. The Morgan fingerprint density at radius 2 is 1.74 bits per heavy atom. The number of ketones is 1. The van der Waals surface area contributed by atoms with Crippen molar-refractivity contribution in [3.05, 3.63) is 53.7 Å². The van der Waals surface area contributed by atoms with Crippen molar-refractivity contribution in [1.29, 1.82) is 0 Å². The molecule has 0 unspecified atom stereocenters. The van der Waals surface area contributed by atoms with E-state index in [9.17, 15) is 4.79 Å². The van der Waals surface area contributed by atoms with Gasteiger partial charge in [-0.15, -0.1) is 11.6 Å². The Kier molecular flexibility index (Phi) is 8.98. The van der Waals surface area contributed by atoms with Gasteiger partial charge in [-0.3, -0.25) is 9.78 Å². The molecule has 1 saturated carbocycles. The van der Waals surface area contributed by atoms with Crippen molar-refractivity contribution in [1.82, 2.24) is 15.0 Å². The summed E-state index contributed by atoms with van der Waals surface area (Å²) in [4.78, 5) is 29.6. The number of benzene rings is 1. The zero-order valence-electron chi connectivity index (χ0n) is 26.2. The van der Waals surface area contributed by atoms with Gasteiger partial charge < -0.3 is 14.1 Å². The first-order valence-corrected chi connectivity index (χ1v) is 18.0. The number of rotatable bonds is 11. The van der Waals surface area contributed by atoms with Crippen LogP contribution in [0.5, 0.6) is 5.75 Å². The summed E-state index contributed by atoms with van der Waals surface area (Å²) in [5.41, 5.74) is 5.20. The molecule has 42 heavy (non-hydrogen) atoms. The number of hydrogen-bond donors (Lipinski definition) is 0. The number of ether oxygens (including phenoxy) is 1. The highest BCUT2D eigenvalue weighted by atomic mass is 35.5. The van der Waals surface area contributed by atoms with Crippen LogP contribution in [0.3, 0.4) is 0 Å². The van der Waals surface area contributed by atoms with Crippen molar-refractivity contribution in [2.45, 2.75) is 102 Å². The Labute approximate surface area is 256 Å². The molecule has 0 radical (unpaired) electrons. The number of methoxy groups -OCH3 is 1. The second kappa shape index (κ2) is 12.2. The third kappa shape index (κ3) is 5.70. The molecule has 1 aliphatic heterocycles. The highest BCUT2D eigenvalue weighted by molar-refractivity contribution is 6.77. The summed E-state index contributed by atoms with van der Waals surface area (Å²) in [5.74, 6) is 2.22.